The van der Waals surface area contributed by atoms with Crippen molar-refractivity contribution in [2.45, 2.75) is 20.0 Å². The lowest BCUT2D eigenvalue weighted by molar-refractivity contribution is 0.412. The van der Waals surface area contributed by atoms with Crippen LogP contribution in [0.5, 0.6) is 5.75 Å². The Bertz CT molecular complexity index is 896. The average Bonchev–Trinajstić information content (AvgIpc) is 2.68. The molecule has 0 aliphatic carbocycles. The number of ether oxygens (including phenoxy) is 1. The molecule has 138 valence electrons. The Morgan fingerprint density at radius 1 is 0.889 bits per heavy atom. The summed E-state index contributed by atoms with van der Waals surface area (Å²) in [5.41, 5.74) is 4.63. The van der Waals surface area contributed by atoms with Gasteiger partial charge in [0.05, 0.1) is 7.11 Å². The third kappa shape index (κ3) is 5.56. The lowest BCUT2D eigenvalue weighted by Crippen LogP contribution is -2.33. The summed E-state index contributed by atoms with van der Waals surface area (Å²) in [6, 6.07) is 26.7. The first-order valence-corrected chi connectivity index (χ1v) is 9.34. The molecule has 0 amide bonds. The van der Waals surface area contributed by atoms with Gasteiger partial charge in [0.1, 0.15) is 5.75 Å². The molecular formula is C23H24N2OS. The zero-order valence-corrected chi connectivity index (χ0v) is 16.5. The normalized spacial score (nSPS) is 10.3. The van der Waals surface area contributed by atoms with E-state index in [0.717, 1.165) is 24.5 Å². The highest BCUT2D eigenvalue weighted by molar-refractivity contribution is 7.80. The summed E-state index contributed by atoms with van der Waals surface area (Å²) < 4.78 is 5.30. The number of benzene rings is 3. The summed E-state index contributed by atoms with van der Waals surface area (Å²) in [6.07, 6.45) is 0. The van der Waals surface area contributed by atoms with Crippen LogP contribution in [0, 0.1) is 6.92 Å². The molecule has 0 aliphatic rings. The van der Waals surface area contributed by atoms with Gasteiger partial charge < -0.3 is 15.0 Å². The van der Waals surface area contributed by atoms with Crippen LogP contribution in [-0.2, 0) is 13.1 Å². The van der Waals surface area contributed by atoms with Crippen LogP contribution in [0.15, 0.2) is 78.9 Å². The second kappa shape index (κ2) is 9.19. The summed E-state index contributed by atoms with van der Waals surface area (Å²) >= 11 is 5.74. The van der Waals surface area contributed by atoms with Gasteiger partial charge in [0, 0.05) is 24.8 Å². The fraction of sp³-hybridized carbons (Fsp3) is 0.174. The second-order valence-electron chi connectivity index (χ2n) is 6.49. The van der Waals surface area contributed by atoms with Crippen molar-refractivity contribution in [1.29, 1.82) is 0 Å². The molecule has 3 rings (SSSR count). The van der Waals surface area contributed by atoms with Gasteiger partial charge in [0.2, 0.25) is 0 Å². The SMILES string of the molecule is COc1cccc(NC(=S)N(Cc2ccccc2)Cc2cccc(C)c2)c1. The van der Waals surface area contributed by atoms with Crippen LogP contribution in [0.4, 0.5) is 5.69 Å². The van der Waals surface area contributed by atoms with E-state index in [9.17, 15) is 0 Å². The van der Waals surface area contributed by atoms with Gasteiger partial charge in [-0.3, -0.25) is 0 Å². The van der Waals surface area contributed by atoms with Gasteiger partial charge in [-0.05, 0) is 42.4 Å². The highest BCUT2D eigenvalue weighted by Crippen LogP contribution is 2.19. The van der Waals surface area contributed by atoms with Crippen LogP contribution in [0.25, 0.3) is 0 Å². The van der Waals surface area contributed by atoms with Crippen LogP contribution in [0.3, 0.4) is 0 Å². The van der Waals surface area contributed by atoms with Crippen molar-refractivity contribution >= 4 is 23.0 Å². The third-order valence-electron chi connectivity index (χ3n) is 4.28. The molecule has 0 saturated heterocycles. The zero-order valence-electron chi connectivity index (χ0n) is 15.7. The van der Waals surface area contributed by atoms with Crippen LogP contribution in [0.2, 0.25) is 0 Å². The molecule has 0 saturated carbocycles. The van der Waals surface area contributed by atoms with Crippen molar-refractivity contribution in [3.05, 3.63) is 95.6 Å². The van der Waals surface area contributed by atoms with Gasteiger partial charge in [-0.1, -0.05) is 66.2 Å². The minimum absolute atomic E-state index is 0.689. The molecule has 0 fully saturated rings. The Morgan fingerprint density at radius 2 is 1.59 bits per heavy atom. The molecule has 0 unspecified atom stereocenters. The predicted molar refractivity (Wildman–Crippen MR) is 116 cm³/mol. The molecule has 0 spiro atoms. The van der Waals surface area contributed by atoms with E-state index in [1.165, 1.54) is 16.7 Å². The first-order chi connectivity index (χ1) is 13.1. The van der Waals surface area contributed by atoms with Gasteiger partial charge in [0.15, 0.2) is 5.11 Å². The lowest BCUT2D eigenvalue weighted by atomic mass is 10.1. The molecule has 1 N–H and O–H groups in total. The molecule has 3 aromatic rings. The van der Waals surface area contributed by atoms with E-state index < -0.39 is 0 Å². The van der Waals surface area contributed by atoms with E-state index in [0.29, 0.717) is 5.11 Å². The minimum Gasteiger partial charge on any atom is -0.497 e. The number of hydrogen-bond acceptors (Lipinski definition) is 2. The van der Waals surface area contributed by atoms with Gasteiger partial charge in [-0.15, -0.1) is 0 Å². The monoisotopic (exact) mass is 376 g/mol. The molecule has 0 atom stereocenters. The van der Waals surface area contributed by atoms with E-state index in [1.807, 2.05) is 30.3 Å². The Kier molecular flexibility index (Phi) is 6.44. The van der Waals surface area contributed by atoms with E-state index in [2.05, 4.69) is 65.7 Å². The van der Waals surface area contributed by atoms with Crippen molar-refractivity contribution in [3.63, 3.8) is 0 Å². The maximum absolute atomic E-state index is 5.74. The smallest absolute Gasteiger partial charge is 0.174 e. The quantitative estimate of drug-likeness (QED) is 0.582. The molecule has 0 aromatic heterocycles. The first-order valence-electron chi connectivity index (χ1n) is 8.93. The third-order valence-corrected chi connectivity index (χ3v) is 4.64. The molecule has 0 radical (unpaired) electrons. The summed E-state index contributed by atoms with van der Waals surface area (Å²) in [5.74, 6) is 0.802. The molecule has 4 heteroatoms. The Balaban J connectivity index is 1.80. The number of rotatable bonds is 6. The Morgan fingerprint density at radius 3 is 2.33 bits per heavy atom. The molecule has 0 heterocycles. The standard InChI is InChI=1S/C23H24N2OS/c1-18-8-6-11-20(14-18)17-25(16-19-9-4-3-5-10-19)23(27)24-21-12-7-13-22(15-21)26-2/h3-15H,16-17H2,1-2H3,(H,24,27). The maximum Gasteiger partial charge on any atom is 0.174 e. The van der Waals surface area contributed by atoms with Crippen LogP contribution < -0.4 is 10.1 Å². The molecule has 0 aliphatic heterocycles. The van der Waals surface area contributed by atoms with Crippen LogP contribution >= 0.6 is 12.2 Å². The number of anilines is 1. The molecule has 27 heavy (non-hydrogen) atoms. The van der Waals surface area contributed by atoms with Crippen molar-refractivity contribution in [1.82, 2.24) is 4.90 Å². The topological polar surface area (TPSA) is 24.5 Å². The molecule has 3 nitrogen and oxygen atoms in total. The van der Waals surface area contributed by atoms with Gasteiger partial charge in [-0.25, -0.2) is 0 Å². The fourth-order valence-electron chi connectivity index (χ4n) is 2.94. The predicted octanol–water partition coefficient (Wildman–Crippen LogP) is 5.40. The Hall–Kier alpha value is -2.85. The van der Waals surface area contributed by atoms with E-state index >= 15 is 0 Å². The van der Waals surface area contributed by atoms with Crippen molar-refractivity contribution in [3.8, 4) is 5.75 Å². The lowest BCUT2D eigenvalue weighted by Gasteiger charge is -2.26. The Labute approximate surface area is 166 Å². The maximum atomic E-state index is 5.74. The summed E-state index contributed by atoms with van der Waals surface area (Å²) in [7, 11) is 1.66. The van der Waals surface area contributed by atoms with E-state index in [1.54, 1.807) is 7.11 Å². The van der Waals surface area contributed by atoms with Gasteiger partial charge in [0.25, 0.3) is 0 Å². The fourth-order valence-corrected chi connectivity index (χ4v) is 3.18. The molecule has 0 bridgehead atoms. The molecular weight excluding hydrogens is 352 g/mol. The van der Waals surface area contributed by atoms with Crippen molar-refractivity contribution in [2.75, 3.05) is 12.4 Å². The number of hydrogen-bond donors (Lipinski definition) is 1. The summed E-state index contributed by atoms with van der Waals surface area (Å²) in [4.78, 5) is 2.18. The van der Waals surface area contributed by atoms with E-state index in [4.69, 9.17) is 17.0 Å². The zero-order chi connectivity index (χ0) is 19.1. The van der Waals surface area contributed by atoms with Gasteiger partial charge in [-0.2, -0.15) is 0 Å². The van der Waals surface area contributed by atoms with Crippen molar-refractivity contribution in [2.24, 2.45) is 0 Å². The highest BCUT2D eigenvalue weighted by atomic mass is 32.1. The highest BCUT2D eigenvalue weighted by Gasteiger charge is 2.12. The van der Waals surface area contributed by atoms with Crippen LogP contribution in [-0.4, -0.2) is 17.1 Å². The van der Waals surface area contributed by atoms with E-state index in [-0.39, 0.29) is 0 Å². The summed E-state index contributed by atoms with van der Waals surface area (Å²) in [6.45, 7) is 3.59. The second-order valence-corrected chi connectivity index (χ2v) is 6.88. The number of nitrogens with one attached hydrogen (secondary N) is 1. The average molecular weight is 377 g/mol. The number of thiocarbonyl (C=S) groups is 1. The van der Waals surface area contributed by atoms with Crippen LogP contribution in [0.1, 0.15) is 16.7 Å². The number of aryl methyl sites for hydroxylation is 1. The number of methoxy groups -OCH3 is 1. The molecule has 3 aromatic carbocycles. The van der Waals surface area contributed by atoms with Crippen molar-refractivity contribution < 1.29 is 4.74 Å². The largest absolute Gasteiger partial charge is 0.497 e. The van der Waals surface area contributed by atoms with Gasteiger partial charge >= 0.3 is 0 Å². The first kappa shape index (κ1) is 18.9. The number of nitrogens with zero attached hydrogens (tertiary/aromatic N) is 1. The minimum atomic E-state index is 0.689. The summed E-state index contributed by atoms with van der Waals surface area (Å²) in [5, 5.41) is 4.04.